The van der Waals surface area contributed by atoms with Crippen LogP contribution in [0.5, 0.6) is 0 Å². The van der Waals surface area contributed by atoms with Crippen LogP contribution in [0.3, 0.4) is 0 Å². The maximum absolute atomic E-state index is 12.3. The first kappa shape index (κ1) is 20.0. The minimum Gasteiger partial charge on any atom is -0.444 e. The number of likely N-dealkylation sites (tertiary alicyclic amines) is 1. The molecular formula is C17H25ClN2O4S. The van der Waals surface area contributed by atoms with Gasteiger partial charge in [0.1, 0.15) is 5.60 Å². The van der Waals surface area contributed by atoms with Crippen molar-refractivity contribution in [3.05, 3.63) is 29.3 Å². The molecule has 1 N–H and O–H groups in total. The van der Waals surface area contributed by atoms with E-state index in [1.54, 1.807) is 17.0 Å². The normalized spacial score (nSPS) is 16.7. The number of piperidine rings is 1. The van der Waals surface area contributed by atoms with Gasteiger partial charge in [-0.25, -0.2) is 17.9 Å². The van der Waals surface area contributed by atoms with E-state index in [-0.39, 0.29) is 16.9 Å². The molecule has 0 saturated carbocycles. The number of carbonyl (C=O) groups excluding carboxylic acids is 1. The third-order valence-electron chi connectivity index (χ3n) is 3.95. The minimum atomic E-state index is -3.54. The molecule has 0 atom stereocenters. The molecule has 25 heavy (non-hydrogen) atoms. The van der Waals surface area contributed by atoms with Crippen molar-refractivity contribution in [2.45, 2.75) is 44.1 Å². The smallest absolute Gasteiger partial charge is 0.410 e. The van der Waals surface area contributed by atoms with Crippen LogP contribution in [-0.2, 0) is 14.8 Å². The molecule has 0 radical (unpaired) electrons. The Kier molecular flexibility index (Phi) is 6.35. The van der Waals surface area contributed by atoms with E-state index < -0.39 is 15.6 Å². The van der Waals surface area contributed by atoms with Gasteiger partial charge >= 0.3 is 6.09 Å². The van der Waals surface area contributed by atoms with Crippen LogP contribution in [-0.4, -0.2) is 44.6 Å². The summed E-state index contributed by atoms with van der Waals surface area (Å²) in [6, 6.07) is 6.07. The molecule has 6 nitrogen and oxygen atoms in total. The van der Waals surface area contributed by atoms with Crippen LogP contribution in [0.4, 0.5) is 4.79 Å². The molecular weight excluding hydrogens is 364 g/mol. The molecule has 1 saturated heterocycles. The van der Waals surface area contributed by atoms with E-state index in [4.69, 9.17) is 16.3 Å². The van der Waals surface area contributed by atoms with Crippen molar-refractivity contribution < 1.29 is 17.9 Å². The molecule has 1 amide bonds. The van der Waals surface area contributed by atoms with Crippen molar-refractivity contribution in [1.82, 2.24) is 9.62 Å². The summed E-state index contributed by atoms with van der Waals surface area (Å²) in [6.45, 7) is 7.01. The zero-order chi connectivity index (χ0) is 18.7. The number of amides is 1. The third-order valence-corrected chi connectivity index (χ3v) is 5.64. The van der Waals surface area contributed by atoms with E-state index in [9.17, 15) is 13.2 Å². The fourth-order valence-corrected chi connectivity index (χ4v) is 3.81. The summed E-state index contributed by atoms with van der Waals surface area (Å²) in [5.74, 6) is 0.195. The molecule has 2 rings (SSSR count). The number of sulfonamides is 1. The van der Waals surface area contributed by atoms with Crippen LogP contribution in [0, 0.1) is 5.92 Å². The van der Waals surface area contributed by atoms with Gasteiger partial charge in [0.2, 0.25) is 10.0 Å². The Balaban J connectivity index is 1.82. The molecule has 1 fully saturated rings. The molecule has 8 heteroatoms. The fraction of sp³-hybridized carbons (Fsp3) is 0.588. The Hall–Kier alpha value is -1.31. The number of rotatable bonds is 4. The van der Waals surface area contributed by atoms with E-state index in [2.05, 4.69) is 4.72 Å². The standard InChI is InChI=1S/C17H25ClN2O4S/c1-17(2,3)24-16(21)20-10-8-13(9-11-20)12-19-25(22,23)15-6-4-14(18)5-7-15/h4-7,13,19H,8-12H2,1-3H3. The second-order valence-corrected chi connectivity index (χ2v) is 9.42. The van der Waals surface area contributed by atoms with Gasteiger partial charge in [0, 0.05) is 24.7 Å². The summed E-state index contributed by atoms with van der Waals surface area (Å²) in [5, 5.41) is 0.494. The highest BCUT2D eigenvalue weighted by molar-refractivity contribution is 7.89. The lowest BCUT2D eigenvalue weighted by Gasteiger charge is -2.33. The van der Waals surface area contributed by atoms with Crippen molar-refractivity contribution in [3.63, 3.8) is 0 Å². The average Bonchev–Trinajstić information content (AvgIpc) is 2.52. The van der Waals surface area contributed by atoms with Crippen LogP contribution in [0.25, 0.3) is 0 Å². The van der Waals surface area contributed by atoms with Gasteiger partial charge in [0.05, 0.1) is 4.90 Å². The predicted octanol–water partition coefficient (Wildman–Crippen LogP) is 3.27. The Morgan fingerprint density at radius 3 is 2.32 bits per heavy atom. The lowest BCUT2D eigenvalue weighted by atomic mass is 9.97. The highest BCUT2D eigenvalue weighted by Gasteiger charge is 2.27. The molecule has 1 aromatic rings. The Morgan fingerprint density at radius 2 is 1.80 bits per heavy atom. The van der Waals surface area contributed by atoms with Gasteiger partial charge in [-0.2, -0.15) is 0 Å². The van der Waals surface area contributed by atoms with Crippen LogP contribution < -0.4 is 4.72 Å². The van der Waals surface area contributed by atoms with E-state index in [1.807, 2.05) is 20.8 Å². The quantitative estimate of drug-likeness (QED) is 0.858. The maximum atomic E-state index is 12.3. The average molecular weight is 389 g/mol. The fourth-order valence-electron chi connectivity index (χ4n) is 2.57. The third kappa shape index (κ3) is 6.17. The summed E-state index contributed by atoms with van der Waals surface area (Å²) in [6.07, 6.45) is 1.16. The number of nitrogens with zero attached hydrogens (tertiary/aromatic N) is 1. The first-order chi connectivity index (χ1) is 11.6. The number of benzene rings is 1. The first-order valence-electron chi connectivity index (χ1n) is 8.30. The Labute approximate surface area is 154 Å². The SMILES string of the molecule is CC(C)(C)OC(=O)N1CCC(CNS(=O)(=O)c2ccc(Cl)cc2)CC1. The van der Waals surface area contributed by atoms with Crippen molar-refractivity contribution in [2.75, 3.05) is 19.6 Å². The Morgan fingerprint density at radius 1 is 1.24 bits per heavy atom. The predicted molar refractivity (Wildman–Crippen MR) is 97.2 cm³/mol. The number of halogens is 1. The largest absolute Gasteiger partial charge is 0.444 e. The van der Waals surface area contributed by atoms with Crippen molar-refractivity contribution >= 4 is 27.7 Å². The van der Waals surface area contributed by atoms with E-state index in [0.29, 0.717) is 24.7 Å². The first-order valence-corrected chi connectivity index (χ1v) is 10.2. The van der Waals surface area contributed by atoms with Crippen LogP contribution in [0.2, 0.25) is 5.02 Å². The van der Waals surface area contributed by atoms with Crippen LogP contribution in [0.15, 0.2) is 29.2 Å². The van der Waals surface area contributed by atoms with Gasteiger partial charge in [0.15, 0.2) is 0 Å². The zero-order valence-corrected chi connectivity index (χ0v) is 16.4. The van der Waals surface area contributed by atoms with Crippen LogP contribution in [0.1, 0.15) is 33.6 Å². The van der Waals surface area contributed by atoms with E-state index >= 15 is 0 Å². The number of ether oxygens (including phenoxy) is 1. The topological polar surface area (TPSA) is 75.7 Å². The van der Waals surface area contributed by atoms with Gasteiger partial charge in [-0.05, 0) is 63.8 Å². The molecule has 1 aromatic carbocycles. The van der Waals surface area contributed by atoms with Gasteiger partial charge in [-0.3, -0.25) is 0 Å². The van der Waals surface area contributed by atoms with Crippen molar-refractivity contribution in [2.24, 2.45) is 5.92 Å². The summed E-state index contributed by atoms with van der Waals surface area (Å²) in [5.41, 5.74) is -0.512. The number of hydrogen-bond acceptors (Lipinski definition) is 4. The van der Waals surface area contributed by atoms with Gasteiger partial charge in [-0.15, -0.1) is 0 Å². The Bertz CT molecular complexity index is 690. The lowest BCUT2D eigenvalue weighted by molar-refractivity contribution is 0.0185. The van der Waals surface area contributed by atoms with Crippen LogP contribution >= 0.6 is 11.6 Å². The molecule has 0 aliphatic carbocycles. The molecule has 0 spiro atoms. The highest BCUT2D eigenvalue weighted by atomic mass is 35.5. The molecule has 140 valence electrons. The molecule has 1 heterocycles. The van der Waals surface area contributed by atoms with Crippen molar-refractivity contribution in [3.8, 4) is 0 Å². The van der Waals surface area contributed by atoms with Gasteiger partial charge < -0.3 is 9.64 Å². The van der Waals surface area contributed by atoms with Gasteiger partial charge in [0.25, 0.3) is 0 Å². The van der Waals surface area contributed by atoms with Crippen molar-refractivity contribution in [1.29, 1.82) is 0 Å². The van der Waals surface area contributed by atoms with E-state index in [0.717, 1.165) is 12.8 Å². The number of nitrogens with one attached hydrogen (secondary N) is 1. The molecule has 0 bridgehead atoms. The maximum Gasteiger partial charge on any atom is 0.410 e. The summed E-state index contributed by atoms with van der Waals surface area (Å²) >= 11 is 5.78. The second kappa shape index (κ2) is 7.93. The monoisotopic (exact) mass is 388 g/mol. The van der Waals surface area contributed by atoms with Gasteiger partial charge in [-0.1, -0.05) is 11.6 Å². The lowest BCUT2D eigenvalue weighted by Crippen LogP contribution is -2.43. The summed E-state index contributed by atoms with van der Waals surface area (Å²) < 4.78 is 32.6. The second-order valence-electron chi connectivity index (χ2n) is 7.22. The zero-order valence-electron chi connectivity index (χ0n) is 14.8. The minimum absolute atomic E-state index is 0.195. The van der Waals surface area contributed by atoms with E-state index in [1.165, 1.54) is 12.1 Å². The summed E-state index contributed by atoms with van der Waals surface area (Å²) in [7, 11) is -3.54. The molecule has 0 aromatic heterocycles. The molecule has 1 aliphatic heterocycles. The summed E-state index contributed by atoms with van der Waals surface area (Å²) in [4.78, 5) is 13.9. The molecule has 0 unspecified atom stereocenters. The number of carbonyl (C=O) groups is 1. The number of hydrogen-bond donors (Lipinski definition) is 1. The molecule has 1 aliphatic rings. The highest BCUT2D eigenvalue weighted by Crippen LogP contribution is 2.20.